The van der Waals surface area contributed by atoms with Crippen LogP contribution in [0.3, 0.4) is 0 Å². The fraction of sp³-hybridized carbons (Fsp3) is 0.227. The highest BCUT2D eigenvalue weighted by Crippen LogP contribution is 2.30. The molecule has 2 aromatic heterocycles. The monoisotopic (exact) mass is 483 g/mol. The second kappa shape index (κ2) is 8.89. The zero-order valence-electron chi connectivity index (χ0n) is 17.3. The van der Waals surface area contributed by atoms with Crippen LogP contribution in [-0.2, 0) is 6.54 Å². The molecule has 0 radical (unpaired) electrons. The lowest BCUT2D eigenvalue weighted by atomic mass is 10.2. The van der Waals surface area contributed by atoms with Gasteiger partial charge in [0, 0.05) is 59.0 Å². The molecule has 168 valence electrons. The van der Waals surface area contributed by atoms with Gasteiger partial charge < -0.3 is 9.42 Å². The summed E-state index contributed by atoms with van der Waals surface area (Å²) >= 11 is 7.28. The van der Waals surface area contributed by atoms with Gasteiger partial charge in [0.05, 0.1) is 16.3 Å². The Bertz CT molecular complexity index is 1330. The van der Waals surface area contributed by atoms with Crippen molar-refractivity contribution in [2.45, 2.75) is 6.54 Å². The second-order valence-corrected chi connectivity index (χ2v) is 9.20. The van der Waals surface area contributed by atoms with Gasteiger partial charge in [-0.1, -0.05) is 16.8 Å². The van der Waals surface area contributed by atoms with Gasteiger partial charge in [-0.3, -0.25) is 19.8 Å². The van der Waals surface area contributed by atoms with E-state index in [0.717, 1.165) is 10.3 Å². The smallest absolute Gasteiger partial charge is 0.270 e. The normalized spacial score (nSPS) is 14.6. The third-order valence-electron chi connectivity index (χ3n) is 5.51. The third kappa shape index (κ3) is 4.58. The van der Waals surface area contributed by atoms with Gasteiger partial charge >= 0.3 is 0 Å². The summed E-state index contributed by atoms with van der Waals surface area (Å²) in [5.74, 6) is 0.979. The number of benzene rings is 2. The molecule has 11 heteroatoms. The van der Waals surface area contributed by atoms with Crippen LogP contribution < -0.4 is 0 Å². The topological polar surface area (TPSA) is 106 Å². The van der Waals surface area contributed by atoms with Crippen molar-refractivity contribution < 1.29 is 14.2 Å². The summed E-state index contributed by atoms with van der Waals surface area (Å²) < 4.78 is 6.25. The van der Waals surface area contributed by atoms with Crippen LogP contribution >= 0.6 is 22.9 Å². The van der Waals surface area contributed by atoms with Crippen LogP contribution in [0.25, 0.3) is 21.5 Å². The first-order valence-corrected chi connectivity index (χ1v) is 11.4. The minimum atomic E-state index is -0.431. The molecule has 0 spiro atoms. The summed E-state index contributed by atoms with van der Waals surface area (Å²) in [6, 6.07) is 13.6. The number of aromatic nitrogens is 2. The number of non-ortho nitro benzene ring substituents is 1. The summed E-state index contributed by atoms with van der Waals surface area (Å²) in [7, 11) is 0. The summed E-state index contributed by atoms with van der Waals surface area (Å²) in [5, 5.41) is 16.4. The zero-order chi connectivity index (χ0) is 22.9. The summed E-state index contributed by atoms with van der Waals surface area (Å²) in [6.45, 7) is 3.02. The van der Waals surface area contributed by atoms with Crippen molar-refractivity contribution in [3.05, 3.63) is 74.4 Å². The van der Waals surface area contributed by atoms with Gasteiger partial charge in [0.25, 0.3) is 11.6 Å². The maximum absolute atomic E-state index is 13.0. The summed E-state index contributed by atoms with van der Waals surface area (Å²) in [6.07, 6.45) is 0. The maximum atomic E-state index is 13.0. The molecule has 0 N–H and O–H groups in total. The van der Waals surface area contributed by atoms with Crippen LogP contribution in [0.1, 0.15) is 15.6 Å². The quantitative estimate of drug-likeness (QED) is 0.304. The van der Waals surface area contributed by atoms with Gasteiger partial charge in [0.2, 0.25) is 11.7 Å². The van der Waals surface area contributed by atoms with Crippen molar-refractivity contribution in [2.24, 2.45) is 0 Å². The minimum Gasteiger partial charge on any atom is -0.338 e. The number of carbonyl (C=O) groups excluding carboxylic acids is 1. The first-order chi connectivity index (χ1) is 16.0. The van der Waals surface area contributed by atoms with Crippen molar-refractivity contribution in [1.82, 2.24) is 19.9 Å². The Balaban J connectivity index is 1.20. The van der Waals surface area contributed by atoms with E-state index in [4.69, 9.17) is 16.1 Å². The lowest BCUT2D eigenvalue weighted by Crippen LogP contribution is -2.48. The Hall–Kier alpha value is -3.34. The lowest BCUT2D eigenvalue weighted by Gasteiger charge is -2.33. The predicted octanol–water partition coefficient (Wildman–Crippen LogP) is 4.47. The number of nitro benzene ring substituents is 1. The van der Waals surface area contributed by atoms with E-state index >= 15 is 0 Å². The van der Waals surface area contributed by atoms with Gasteiger partial charge in [0.15, 0.2) is 0 Å². The van der Waals surface area contributed by atoms with Gasteiger partial charge in [-0.25, -0.2) is 0 Å². The summed E-state index contributed by atoms with van der Waals surface area (Å²) in [4.78, 5) is 32.5. The predicted molar refractivity (Wildman–Crippen MR) is 124 cm³/mol. The Morgan fingerprint density at radius 1 is 1.12 bits per heavy atom. The maximum Gasteiger partial charge on any atom is 0.270 e. The van der Waals surface area contributed by atoms with E-state index in [1.165, 1.54) is 23.5 Å². The highest BCUT2D eigenvalue weighted by molar-refractivity contribution is 7.20. The highest BCUT2D eigenvalue weighted by Gasteiger charge is 2.25. The van der Waals surface area contributed by atoms with E-state index in [2.05, 4.69) is 15.0 Å². The molecule has 2 aromatic carbocycles. The van der Waals surface area contributed by atoms with E-state index in [-0.39, 0.29) is 11.6 Å². The molecule has 0 saturated carbocycles. The van der Waals surface area contributed by atoms with Gasteiger partial charge in [0.1, 0.15) is 0 Å². The Morgan fingerprint density at radius 3 is 2.61 bits per heavy atom. The first kappa shape index (κ1) is 21.5. The number of nitrogens with zero attached hydrogens (tertiary/aromatic N) is 5. The number of amides is 1. The van der Waals surface area contributed by atoms with E-state index in [9.17, 15) is 14.9 Å². The number of fused-ring (bicyclic) bond motifs is 1. The lowest BCUT2D eigenvalue weighted by molar-refractivity contribution is -0.384. The molecule has 9 nitrogen and oxygen atoms in total. The van der Waals surface area contributed by atoms with Crippen LogP contribution in [0.15, 0.2) is 53.1 Å². The number of hydrogen-bond acceptors (Lipinski definition) is 8. The second-order valence-electron chi connectivity index (χ2n) is 7.68. The molecule has 1 aliphatic heterocycles. The van der Waals surface area contributed by atoms with Crippen molar-refractivity contribution in [3.8, 4) is 11.4 Å². The largest absolute Gasteiger partial charge is 0.338 e. The Labute approximate surface area is 197 Å². The zero-order valence-corrected chi connectivity index (χ0v) is 18.9. The molecule has 5 rings (SSSR count). The number of carbonyl (C=O) groups is 1. The molecule has 0 bridgehead atoms. The van der Waals surface area contributed by atoms with Crippen LogP contribution in [0.4, 0.5) is 5.69 Å². The summed E-state index contributed by atoms with van der Waals surface area (Å²) in [5.41, 5.74) is 0.853. The first-order valence-electron chi connectivity index (χ1n) is 10.2. The molecule has 0 aliphatic carbocycles. The van der Waals surface area contributed by atoms with Crippen LogP contribution in [0.2, 0.25) is 5.02 Å². The molecule has 1 fully saturated rings. The molecule has 0 atom stereocenters. The number of thiophene rings is 1. The SMILES string of the molecule is O=C(c1cc2cc([N+](=O)[O-])ccc2s1)N1CCN(Cc2nc(-c3ccc(Cl)cc3)no2)CC1. The van der Waals surface area contributed by atoms with Crippen LogP contribution in [0.5, 0.6) is 0 Å². The molecule has 1 aliphatic rings. The molecular weight excluding hydrogens is 466 g/mol. The number of halogens is 1. The Kier molecular flexibility index (Phi) is 5.79. The molecule has 1 amide bonds. The number of rotatable bonds is 5. The number of hydrogen-bond donors (Lipinski definition) is 0. The molecule has 1 saturated heterocycles. The van der Waals surface area contributed by atoms with Crippen molar-refractivity contribution in [3.63, 3.8) is 0 Å². The average molecular weight is 484 g/mol. The molecule has 3 heterocycles. The van der Waals surface area contributed by atoms with E-state index in [0.29, 0.717) is 59.7 Å². The van der Waals surface area contributed by atoms with Crippen LogP contribution in [0, 0.1) is 10.1 Å². The van der Waals surface area contributed by atoms with E-state index in [1.54, 1.807) is 24.3 Å². The van der Waals surface area contributed by atoms with Crippen LogP contribution in [-0.4, -0.2) is 56.9 Å². The van der Waals surface area contributed by atoms with E-state index < -0.39 is 4.92 Å². The van der Waals surface area contributed by atoms with Crippen molar-refractivity contribution >= 4 is 44.6 Å². The molecule has 33 heavy (non-hydrogen) atoms. The fourth-order valence-electron chi connectivity index (χ4n) is 3.74. The van der Waals surface area contributed by atoms with E-state index in [1.807, 2.05) is 17.0 Å². The number of piperazine rings is 1. The van der Waals surface area contributed by atoms with Crippen molar-refractivity contribution in [2.75, 3.05) is 26.2 Å². The average Bonchev–Trinajstić information content (AvgIpc) is 3.46. The third-order valence-corrected chi connectivity index (χ3v) is 6.87. The van der Waals surface area contributed by atoms with Gasteiger partial charge in [-0.05, 0) is 36.4 Å². The standard InChI is InChI=1S/C22H18ClN5O4S/c23-16-3-1-14(2-4-16)21-24-20(32-25-21)13-26-7-9-27(10-8-26)22(29)19-12-15-11-17(28(30)31)5-6-18(15)33-19/h1-6,11-12H,7-10,13H2. The van der Waals surface area contributed by atoms with Gasteiger partial charge in [-0.15, -0.1) is 11.3 Å². The molecule has 0 unspecified atom stereocenters. The number of nitro groups is 1. The molecule has 4 aromatic rings. The highest BCUT2D eigenvalue weighted by atomic mass is 35.5. The minimum absolute atomic E-state index is 0.0214. The van der Waals surface area contributed by atoms with Crippen molar-refractivity contribution in [1.29, 1.82) is 0 Å². The molecular formula is C22H18ClN5O4S. The Morgan fingerprint density at radius 2 is 1.88 bits per heavy atom. The fourth-order valence-corrected chi connectivity index (χ4v) is 4.88. The van der Waals surface area contributed by atoms with Gasteiger partial charge in [-0.2, -0.15) is 4.98 Å².